The normalized spacial score (nSPS) is 18.7. The Labute approximate surface area is 334 Å². The largest absolute Gasteiger partial charge is 0.390 e. The summed E-state index contributed by atoms with van der Waals surface area (Å²) in [5.74, 6) is -11.9. The topological polar surface area (TPSA) is 178 Å². The number of anilines is 1. The fourth-order valence-corrected chi connectivity index (χ4v) is 7.50. The van der Waals surface area contributed by atoms with Crippen molar-refractivity contribution in [2.45, 2.75) is 75.8 Å². The zero-order valence-corrected chi connectivity index (χ0v) is 32.5. The second-order valence-corrected chi connectivity index (χ2v) is 15.5. The van der Waals surface area contributed by atoms with Crippen molar-refractivity contribution >= 4 is 23.4 Å². The van der Waals surface area contributed by atoms with Crippen LogP contribution < -0.4 is 21.7 Å². The summed E-state index contributed by atoms with van der Waals surface area (Å²) in [6.45, 7) is 2.34. The molecular formula is C42H50F4N8O4. The van der Waals surface area contributed by atoms with Crippen LogP contribution in [0, 0.1) is 18.8 Å². The number of benzene rings is 3. The molecule has 58 heavy (non-hydrogen) atoms. The number of aliphatic hydroxyl groups is 1. The lowest BCUT2D eigenvalue weighted by molar-refractivity contribution is -0.236. The van der Waals surface area contributed by atoms with E-state index >= 15 is 0 Å². The molecule has 1 aliphatic carbocycles. The summed E-state index contributed by atoms with van der Waals surface area (Å²) in [6, 6.07) is 18.3. The first-order valence-corrected chi connectivity index (χ1v) is 19.6. The van der Waals surface area contributed by atoms with Gasteiger partial charge in [-0.2, -0.15) is 22.7 Å². The van der Waals surface area contributed by atoms with Crippen LogP contribution in [-0.4, -0.2) is 94.2 Å². The van der Waals surface area contributed by atoms with E-state index in [1.807, 2.05) is 54.5 Å². The molecule has 7 N–H and O–H groups in total. The number of hydrogen-bond donors (Lipinski definition) is 6. The Morgan fingerprint density at radius 2 is 1.59 bits per heavy atom. The quantitative estimate of drug-likeness (QED) is 0.0915. The molecule has 2 heterocycles. The predicted octanol–water partition coefficient (Wildman–Crippen LogP) is 5.42. The fraction of sp³-hybridized carbons (Fsp3) is 0.452. The molecule has 0 unspecified atom stereocenters. The lowest BCUT2D eigenvalue weighted by Gasteiger charge is -2.29. The molecule has 2 aliphatic rings. The lowest BCUT2D eigenvalue weighted by Crippen LogP contribution is -2.48. The summed E-state index contributed by atoms with van der Waals surface area (Å²) in [5, 5.41) is 23.1. The molecule has 1 saturated carbocycles. The molecule has 1 aromatic heterocycles. The van der Waals surface area contributed by atoms with Crippen LogP contribution in [0.2, 0.25) is 0 Å². The van der Waals surface area contributed by atoms with Crippen LogP contribution in [0.1, 0.15) is 65.8 Å². The Hall–Kier alpha value is -5.19. The number of aliphatic hydroxyl groups excluding tert-OH is 1. The van der Waals surface area contributed by atoms with Crippen LogP contribution in [0.5, 0.6) is 0 Å². The number of nitrogens with one attached hydrogen (secondary N) is 4. The van der Waals surface area contributed by atoms with Gasteiger partial charge in [0.15, 0.2) is 5.82 Å². The first kappa shape index (κ1) is 42.4. The van der Waals surface area contributed by atoms with E-state index in [-0.39, 0.29) is 41.6 Å². The predicted molar refractivity (Wildman–Crippen MR) is 211 cm³/mol. The molecule has 2 fully saturated rings. The Morgan fingerprint density at radius 1 is 0.931 bits per heavy atom. The number of aromatic amines is 1. The summed E-state index contributed by atoms with van der Waals surface area (Å²) in [6.07, 6.45) is 5.01. The minimum Gasteiger partial charge on any atom is -0.390 e. The van der Waals surface area contributed by atoms with Gasteiger partial charge in [0.05, 0.1) is 0 Å². The number of likely N-dealkylation sites (tertiary alicyclic amines) is 1. The Kier molecular flexibility index (Phi) is 13.3. The van der Waals surface area contributed by atoms with Gasteiger partial charge in [0.1, 0.15) is 12.6 Å². The zero-order valence-electron chi connectivity index (χ0n) is 32.5. The van der Waals surface area contributed by atoms with Crippen LogP contribution in [0.4, 0.5) is 23.2 Å². The minimum atomic E-state index is -4.79. The van der Waals surface area contributed by atoms with Gasteiger partial charge in [-0.05, 0) is 137 Å². The number of nitrogens with zero attached hydrogens (tertiary/aromatic N) is 3. The second-order valence-electron chi connectivity index (χ2n) is 15.5. The van der Waals surface area contributed by atoms with Crippen LogP contribution >= 0.6 is 0 Å². The molecular weight excluding hydrogens is 757 g/mol. The van der Waals surface area contributed by atoms with Gasteiger partial charge in [-0.1, -0.05) is 30.3 Å². The van der Waals surface area contributed by atoms with Gasteiger partial charge in [-0.25, -0.2) is 4.98 Å². The number of carbonyl (C=O) groups excluding carboxylic acids is 3. The summed E-state index contributed by atoms with van der Waals surface area (Å²) < 4.78 is 55.8. The Bertz CT molecular complexity index is 2040. The van der Waals surface area contributed by atoms with Crippen molar-refractivity contribution in [3.8, 4) is 22.5 Å². The smallest absolute Gasteiger partial charge is 0.370 e. The third kappa shape index (κ3) is 9.91. The van der Waals surface area contributed by atoms with E-state index in [0.29, 0.717) is 36.6 Å². The first-order chi connectivity index (χ1) is 27.7. The standard InChI is InChI=1S/C42H50F4N8O4/c1-25-21-31(38(57)48-33-17-19-54(2)20-18-33)13-16-34(25)28-7-3-26(4-8-28)22-35(50-37(56)30-9-5-27(23-47)6-10-30)39(58)49-32-14-11-29(12-15-32)36-51-40(53-52-36)42(45,46)41(43,44)24-55/h3-4,7-8,11-16,21,27,30,33,35,55H,5-6,9-10,17-20,22-24,47H2,1-2H3,(H,48,57)(H,49,58)(H,50,56)(H,51,52,53)/t27?,30?,35-/m0/s1. The number of carbonyl (C=O) groups is 3. The molecule has 0 bridgehead atoms. The third-order valence-electron chi connectivity index (χ3n) is 11.3. The third-order valence-corrected chi connectivity index (χ3v) is 11.3. The van der Waals surface area contributed by atoms with Crippen molar-refractivity contribution in [3.05, 3.63) is 89.2 Å². The number of aryl methyl sites for hydroxylation is 1. The number of halogens is 4. The van der Waals surface area contributed by atoms with E-state index in [0.717, 1.165) is 61.0 Å². The molecule has 4 aromatic rings. The zero-order chi connectivity index (χ0) is 41.6. The van der Waals surface area contributed by atoms with E-state index in [2.05, 4.69) is 38.0 Å². The monoisotopic (exact) mass is 806 g/mol. The van der Waals surface area contributed by atoms with Crippen LogP contribution in [0.25, 0.3) is 22.5 Å². The maximum atomic E-state index is 14.2. The van der Waals surface area contributed by atoms with Gasteiger partial charge in [0.25, 0.3) is 5.91 Å². The number of hydrogen-bond acceptors (Lipinski definition) is 8. The Balaban J connectivity index is 1.14. The van der Waals surface area contributed by atoms with Crippen molar-refractivity contribution in [2.24, 2.45) is 17.6 Å². The molecule has 3 aromatic carbocycles. The van der Waals surface area contributed by atoms with Crippen molar-refractivity contribution < 1.29 is 37.1 Å². The summed E-state index contributed by atoms with van der Waals surface area (Å²) >= 11 is 0. The number of H-pyrrole nitrogens is 1. The molecule has 3 amide bonds. The van der Waals surface area contributed by atoms with Crippen LogP contribution in [0.3, 0.4) is 0 Å². The average molecular weight is 807 g/mol. The van der Waals surface area contributed by atoms with Crippen molar-refractivity contribution in [1.29, 1.82) is 0 Å². The molecule has 1 aliphatic heterocycles. The fourth-order valence-electron chi connectivity index (χ4n) is 7.50. The van der Waals surface area contributed by atoms with Crippen molar-refractivity contribution in [1.82, 2.24) is 30.7 Å². The molecule has 12 nitrogen and oxygen atoms in total. The molecule has 0 radical (unpaired) electrons. The summed E-state index contributed by atoms with van der Waals surface area (Å²) in [7, 11) is 2.08. The van der Waals surface area contributed by atoms with Crippen LogP contribution in [-0.2, 0) is 21.9 Å². The molecule has 1 atom stereocenters. The Morgan fingerprint density at radius 3 is 2.21 bits per heavy atom. The van der Waals surface area contributed by atoms with E-state index in [1.165, 1.54) is 24.3 Å². The average Bonchev–Trinajstić information content (AvgIpc) is 3.73. The van der Waals surface area contributed by atoms with E-state index in [4.69, 9.17) is 10.8 Å². The highest BCUT2D eigenvalue weighted by atomic mass is 19.3. The van der Waals surface area contributed by atoms with Gasteiger partial charge in [-0.15, -0.1) is 0 Å². The second kappa shape index (κ2) is 18.2. The highest BCUT2D eigenvalue weighted by Gasteiger charge is 2.59. The van der Waals surface area contributed by atoms with Gasteiger partial charge < -0.3 is 31.7 Å². The molecule has 310 valence electrons. The summed E-state index contributed by atoms with van der Waals surface area (Å²) in [4.78, 5) is 46.1. The van der Waals surface area contributed by atoms with E-state index in [9.17, 15) is 31.9 Å². The van der Waals surface area contributed by atoms with E-state index < -0.39 is 36.2 Å². The number of aromatic nitrogens is 3. The highest BCUT2D eigenvalue weighted by molar-refractivity contribution is 5.98. The van der Waals surface area contributed by atoms with Crippen molar-refractivity contribution in [2.75, 3.05) is 38.6 Å². The highest BCUT2D eigenvalue weighted by Crippen LogP contribution is 2.41. The van der Waals surface area contributed by atoms with Gasteiger partial charge in [0, 0.05) is 35.2 Å². The molecule has 16 heteroatoms. The number of piperidine rings is 1. The first-order valence-electron chi connectivity index (χ1n) is 19.6. The maximum Gasteiger partial charge on any atom is 0.370 e. The SMILES string of the molecule is Cc1cc(C(=O)NC2CCN(C)CC2)ccc1-c1ccc(C[C@H](NC(=O)C2CCC(CN)CC2)C(=O)Nc2ccc(-c3n[nH]c(C(F)(F)C(F)(F)CO)n3)cc2)cc1. The minimum absolute atomic E-state index is 0.0881. The van der Waals surface area contributed by atoms with Gasteiger partial charge in [0.2, 0.25) is 17.6 Å². The molecule has 6 rings (SSSR count). The van der Waals surface area contributed by atoms with Gasteiger partial charge >= 0.3 is 11.8 Å². The maximum absolute atomic E-state index is 14.2. The van der Waals surface area contributed by atoms with E-state index in [1.54, 1.807) is 0 Å². The van der Waals surface area contributed by atoms with Gasteiger partial charge in [-0.3, -0.25) is 19.5 Å². The number of amides is 3. The number of rotatable bonds is 14. The number of alkyl halides is 4. The van der Waals surface area contributed by atoms with Crippen molar-refractivity contribution in [3.63, 3.8) is 0 Å². The number of nitrogens with two attached hydrogens (primary N) is 1. The lowest BCUT2D eigenvalue weighted by atomic mass is 9.81. The molecule has 0 spiro atoms. The van der Waals surface area contributed by atoms with Crippen LogP contribution in [0.15, 0.2) is 66.7 Å². The summed E-state index contributed by atoms with van der Waals surface area (Å²) in [5.41, 5.74) is 10.6. The molecule has 1 saturated heterocycles.